The maximum absolute atomic E-state index is 12.1. The van der Waals surface area contributed by atoms with E-state index in [1.54, 1.807) is 49.4 Å². The summed E-state index contributed by atoms with van der Waals surface area (Å²) in [6.07, 6.45) is -0.766. The summed E-state index contributed by atoms with van der Waals surface area (Å²) in [5.41, 5.74) is 0.0971. The van der Waals surface area contributed by atoms with E-state index in [0.717, 1.165) is 5.39 Å². The lowest BCUT2D eigenvalue weighted by Gasteiger charge is -2.13. The van der Waals surface area contributed by atoms with Crippen LogP contribution in [0, 0.1) is 0 Å². The number of aromatic nitrogens is 2. The maximum atomic E-state index is 12.1. The number of benzene rings is 2. The molecular formula is C21H16N2O6. The van der Waals surface area contributed by atoms with Gasteiger partial charge in [0, 0.05) is 17.5 Å². The van der Waals surface area contributed by atoms with Crippen LogP contribution in [0.4, 0.5) is 0 Å². The lowest BCUT2D eigenvalue weighted by Crippen LogP contribution is -2.20. The number of carbonyl (C=O) groups excluding carboxylic acids is 1. The second-order valence-corrected chi connectivity index (χ2v) is 6.34. The quantitative estimate of drug-likeness (QED) is 0.410. The van der Waals surface area contributed by atoms with Crippen molar-refractivity contribution in [1.29, 1.82) is 0 Å². The smallest absolute Gasteiger partial charge is 0.344 e. The van der Waals surface area contributed by atoms with Gasteiger partial charge in [0.15, 0.2) is 18.5 Å². The van der Waals surface area contributed by atoms with Crippen molar-refractivity contribution in [2.45, 2.75) is 13.0 Å². The van der Waals surface area contributed by atoms with Gasteiger partial charge in [0.2, 0.25) is 0 Å². The fourth-order valence-corrected chi connectivity index (χ4v) is 2.86. The summed E-state index contributed by atoms with van der Waals surface area (Å²) in [6, 6.07) is 14.8. The van der Waals surface area contributed by atoms with Crippen LogP contribution in [0.1, 0.15) is 18.9 Å². The zero-order valence-corrected chi connectivity index (χ0v) is 15.4. The van der Waals surface area contributed by atoms with Gasteiger partial charge in [-0.25, -0.2) is 14.6 Å². The minimum atomic E-state index is -0.766. The van der Waals surface area contributed by atoms with E-state index in [0.29, 0.717) is 22.2 Å². The summed E-state index contributed by atoms with van der Waals surface area (Å²) in [5.74, 6) is -0.0360. The highest BCUT2D eigenvalue weighted by atomic mass is 16.6. The number of ether oxygens (including phenoxy) is 2. The molecule has 8 heteroatoms. The van der Waals surface area contributed by atoms with Gasteiger partial charge in [-0.05, 0) is 37.3 Å². The number of nitrogens with zero attached hydrogens (tertiary/aromatic N) is 1. The summed E-state index contributed by atoms with van der Waals surface area (Å²) in [6.45, 7) is 1.25. The highest BCUT2D eigenvalue weighted by Crippen LogP contribution is 2.20. The zero-order valence-electron chi connectivity index (χ0n) is 15.4. The summed E-state index contributed by atoms with van der Waals surface area (Å²) in [4.78, 5) is 42.5. The van der Waals surface area contributed by atoms with E-state index in [4.69, 9.17) is 13.9 Å². The number of nitrogens with one attached hydrogen (secondary N) is 1. The minimum Gasteiger partial charge on any atom is -0.482 e. The van der Waals surface area contributed by atoms with Crippen LogP contribution in [-0.4, -0.2) is 22.5 Å². The predicted molar refractivity (Wildman–Crippen MR) is 105 cm³/mol. The van der Waals surface area contributed by atoms with Crippen LogP contribution in [-0.2, 0) is 9.53 Å². The molecule has 4 rings (SSSR count). The van der Waals surface area contributed by atoms with Crippen LogP contribution >= 0.6 is 0 Å². The molecule has 0 aliphatic carbocycles. The number of hydrogen-bond donors (Lipinski definition) is 1. The van der Waals surface area contributed by atoms with Crippen molar-refractivity contribution < 1.29 is 18.7 Å². The summed E-state index contributed by atoms with van der Waals surface area (Å²) >= 11 is 0. The average molecular weight is 392 g/mol. The molecule has 0 aliphatic rings. The van der Waals surface area contributed by atoms with E-state index >= 15 is 0 Å². The molecule has 0 saturated carbocycles. The first-order valence-electron chi connectivity index (χ1n) is 8.85. The number of para-hydroxylation sites is 1. The van der Waals surface area contributed by atoms with E-state index in [1.807, 2.05) is 0 Å². The van der Waals surface area contributed by atoms with Gasteiger partial charge in [-0.15, -0.1) is 0 Å². The van der Waals surface area contributed by atoms with E-state index in [2.05, 4.69) is 9.97 Å². The van der Waals surface area contributed by atoms with E-state index in [-0.39, 0.29) is 18.0 Å². The van der Waals surface area contributed by atoms with Crippen molar-refractivity contribution in [3.05, 3.63) is 81.2 Å². The van der Waals surface area contributed by atoms with Crippen molar-refractivity contribution in [3.63, 3.8) is 0 Å². The van der Waals surface area contributed by atoms with Gasteiger partial charge in [-0.1, -0.05) is 12.1 Å². The molecule has 29 heavy (non-hydrogen) atoms. The molecule has 0 saturated heterocycles. The van der Waals surface area contributed by atoms with Crippen LogP contribution in [0.3, 0.4) is 0 Å². The minimum absolute atomic E-state index is 0.245. The second-order valence-electron chi connectivity index (χ2n) is 6.34. The Balaban J connectivity index is 1.43. The molecule has 8 nitrogen and oxygen atoms in total. The predicted octanol–water partition coefficient (Wildman–Crippen LogP) is 2.71. The molecule has 1 unspecified atom stereocenters. The van der Waals surface area contributed by atoms with Crippen LogP contribution in [0.2, 0.25) is 0 Å². The lowest BCUT2D eigenvalue weighted by atomic mass is 10.2. The van der Waals surface area contributed by atoms with Crippen molar-refractivity contribution in [2.75, 3.05) is 6.61 Å². The van der Waals surface area contributed by atoms with Gasteiger partial charge < -0.3 is 18.9 Å². The van der Waals surface area contributed by atoms with Crippen molar-refractivity contribution in [1.82, 2.24) is 9.97 Å². The largest absolute Gasteiger partial charge is 0.482 e. The Labute approximate surface area is 163 Å². The Hall–Kier alpha value is -3.94. The Morgan fingerprint density at radius 2 is 1.93 bits per heavy atom. The highest BCUT2D eigenvalue weighted by molar-refractivity contribution is 5.78. The van der Waals surface area contributed by atoms with E-state index < -0.39 is 17.7 Å². The Morgan fingerprint density at radius 3 is 2.79 bits per heavy atom. The Kier molecular flexibility index (Phi) is 4.82. The first kappa shape index (κ1) is 18.4. The number of fused-ring (bicyclic) bond motifs is 2. The Morgan fingerprint density at radius 1 is 1.14 bits per heavy atom. The Bertz CT molecular complexity index is 1320. The molecule has 2 aromatic heterocycles. The number of carbonyl (C=O) groups is 1. The summed E-state index contributed by atoms with van der Waals surface area (Å²) in [7, 11) is 0. The molecule has 0 amide bonds. The first-order valence-corrected chi connectivity index (χ1v) is 8.85. The summed E-state index contributed by atoms with van der Waals surface area (Å²) in [5, 5.41) is 1.19. The molecule has 2 heterocycles. The molecule has 0 bridgehead atoms. The highest BCUT2D eigenvalue weighted by Gasteiger charge is 2.16. The number of hydrogen-bond acceptors (Lipinski definition) is 7. The third kappa shape index (κ3) is 4.01. The normalized spacial score (nSPS) is 12.0. The van der Waals surface area contributed by atoms with Crippen molar-refractivity contribution >= 4 is 27.8 Å². The number of aromatic amines is 1. The summed E-state index contributed by atoms with van der Waals surface area (Å²) < 4.78 is 15.8. The monoisotopic (exact) mass is 392 g/mol. The fraction of sp³-hybridized carbons (Fsp3) is 0.143. The fourth-order valence-electron chi connectivity index (χ4n) is 2.86. The van der Waals surface area contributed by atoms with Crippen LogP contribution in [0.15, 0.2) is 68.6 Å². The second kappa shape index (κ2) is 7.59. The lowest BCUT2D eigenvalue weighted by molar-refractivity contribution is -0.151. The van der Waals surface area contributed by atoms with Gasteiger partial charge >= 0.3 is 11.6 Å². The zero-order chi connectivity index (χ0) is 20.4. The number of H-pyrrole nitrogens is 1. The van der Waals surface area contributed by atoms with Crippen molar-refractivity contribution in [3.8, 4) is 5.75 Å². The van der Waals surface area contributed by atoms with Gasteiger partial charge in [-0.2, -0.15) is 0 Å². The molecule has 0 radical (unpaired) electrons. The molecule has 4 aromatic rings. The molecule has 0 spiro atoms. The SMILES string of the molecule is CC(OC(=O)COc1ccc2ccc(=O)oc2c1)c1nc2ccccc2c(=O)[nH]1. The molecular weight excluding hydrogens is 376 g/mol. The number of esters is 1. The van der Waals surface area contributed by atoms with E-state index in [9.17, 15) is 14.4 Å². The van der Waals surface area contributed by atoms with Gasteiger partial charge in [0.1, 0.15) is 11.3 Å². The van der Waals surface area contributed by atoms with E-state index in [1.165, 1.54) is 12.1 Å². The third-order valence-electron chi connectivity index (χ3n) is 4.28. The van der Waals surface area contributed by atoms with Crippen molar-refractivity contribution in [2.24, 2.45) is 0 Å². The molecule has 0 aliphatic heterocycles. The van der Waals surface area contributed by atoms with Gasteiger partial charge in [0.05, 0.1) is 10.9 Å². The third-order valence-corrected chi connectivity index (χ3v) is 4.28. The molecule has 146 valence electrons. The molecule has 1 atom stereocenters. The van der Waals surface area contributed by atoms with Crippen LogP contribution in [0.5, 0.6) is 5.75 Å². The molecule has 0 fully saturated rings. The van der Waals surface area contributed by atoms with Crippen LogP contribution in [0.25, 0.3) is 21.9 Å². The average Bonchev–Trinajstić information content (AvgIpc) is 2.72. The standard InChI is InChI=1S/C21H16N2O6/c1-12(20-22-16-5-3-2-4-15(16)21(26)23-20)28-19(25)11-27-14-8-6-13-7-9-18(24)29-17(13)10-14/h2-10,12H,11H2,1H3,(H,22,23,26). The van der Waals surface area contributed by atoms with Gasteiger partial charge in [-0.3, -0.25) is 4.79 Å². The number of rotatable bonds is 5. The topological polar surface area (TPSA) is 111 Å². The molecule has 2 aromatic carbocycles. The molecule has 1 N–H and O–H groups in total. The maximum Gasteiger partial charge on any atom is 0.344 e. The first-order chi connectivity index (χ1) is 14.0. The van der Waals surface area contributed by atoms with Crippen LogP contribution < -0.4 is 15.9 Å². The van der Waals surface area contributed by atoms with Gasteiger partial charge in [0.25, 0.3) is 5.56 Å².